The summed E-state index contributed by atoms with van der Waals surface area (Å²) in [5.41, 5.74) is 0. The van der Waals surface area contributed by atoms with E-state index in [0.29, 0.717) is 17.4 Å². The highest BCUT2D eigenvalue weighted by Gasteiger charge is 2.23. The molecule has 2 N–H and O–H groups in total. The third kappa shape index (κ3) is 37.3. The zero-order chi connectivity index (χ0) is 38.6. The van der Waals surface area contributed by atoms with E-state index < -0.39 is 20.0 Å². The highest BCUT2D eigenvalue weighted by Crippen LogP contribution is 2.38. The van der Waals surface area contributed by atoms with E-state index in [0.717, 1.165) is 38.5 Å². The Morgan fingerprint density at radius 1 is 0.654 bits per heavy atom. The summed E-state index contributed by atoms with van der Waals surface area (Å²) in [5.74, 6) is -0.207. The van der Waals surface area contributed by atoms with Crippen molar-refractivity contribution in [1.29, 1.82) is 0 Å². The van der Waals surface area contributed by atoms with Gasteiger partial charge in [-0.3, -0.25) is 9.36 Å². The molecule has 0 radical (unpaired) electrons. The van der Waals surface area contributed by atoms with Crippen LogP contribution < -0.4 is 10.2 Å². The Kier molecular flexibility index (Phi) is 35.0. The maximum atomic E-state index is 12.8. The zero-order valence-corrected chi connectivity index (χ0v) is 35.7. The normalized spacial score (nSPS) is 14.7. The third-order valence-electron chi connectivity index (χ3n) is 9.66. The second-order valence-electron chi connectivity index (χ2n) is 16.0. The van der Waals surface area contributed by atoms with Crippen molar-refractivity contribution in [2.75, 3.05) is 40.9 Å². The number of hydrogen-bond acceptors (Lipinski definition) is 6. The Morgan fingerprint density at radius 2 is 1.08 bits per heavy atom. The van der Waals surface area contributed by atoms with E-state index in [1.165, 1.54) is 135 Å². The number of aliphatic hydroxyl groups excluding tert-OH is 1. The van der Waals surface area contributed by atoms with Crippen LogP contribution in [0.25, 0.3) is 0 Å². The first-order valence-electron chi connectivity index (χ1n) is 21.7. The van der Waals surface area contributed by atoms with Gasteiger partial charge in [0.25, 0.3) is 7.82 Å². The predicted molar refractivity (Wildman–Crippen MR) is 219 cm³/mol. The van der Waals surface area contributed by atoms with Crippen LogP contribution in [-0.2, 0) is 18.4 Å². The number of carbonyl (C=O) groups is 1. The number of allylic oxidation sites excluding steroid dienone is 3. The molecule has 0 aromatic carbocycles. The number of rotatable bonds is 39. The lowest BCUT2D eigenvalue weighted by molar-refractivity contribution is -0.870. The average molecular weight is 757 g/mol. The Hall–Kier alpha value is -1.02. The molecule has 0 saturated carbocycles. The van der Waals surface area contributed by atoms with Gasteiger partial charge in [0.05, 0.1) is 39.9 Å². The summed E-state index contributed by atoms with van der Waals surface area (Å²) in [6.07, 6.45) is 40.8. The lowest BCUT2D eigenvalue weighted by Gasteiger charge is -2.29. The van der Waals surface area contributed by atoms with Crippen LogP contribution >= 0.6 is 7.82 Å². The first-order chi connectivity index (χ1) is 25.0. The largest absolute Gasteiger partial charge is 0.756 e. The molecule has 8 nitrogen and oxygen atoms in total. The van der Waals surface area contributed by atoms with E-state index in [4.69, 9.17) is 9.05 Å². The van der Waals surface area contributed by atoms with Gasteiger partial charge in [-0.2, -0.15) is 0 Å². The van der Waals surface area contributed by atoms with Crippen LogP contribution in [0, 0.1) is 0 Å². The predicted octanol–water partition coefficient (Wildman–Crippen LogP) is 11.1. The summed E-state index contributed by atoms with van der Waals surface area (Å²) in [7, 11) is 1.25. The molecule has 0 spiro atoms. The van der Waals surface area contributed by atoms with Gasteiger partial charge in [0.2, 0.25) is 5.91 Å². The van der Waals surface area contributed by atoms with Crippen molar-refractivity contribution in [3.8, 4) is 0 Å². The van der Waals surface area contributed by atoms with Crippen LogP contribution in [0.5, 0.6) is 0 Å². The molecule has 0 aliphatic rings. The summed E-state index contributed by atoms with van der Waals surface area (Å²) in [4.78, 5) is 25.2. The van der Waals surface area contributed by atoms with Gasteiger partial charge in [-0.1, -0.05) is 179 Å². The number of quaternary nitrogens is 1. The van der Waals surface area contributed by atoms with Gasteiger partial charge in [0.15, 0.2) is 0 Å². The summed E-state index contributed by atoms with van der Waals surface area (Å²) in [6.45, 7) is 4.62. The number of likely N-dealkylation sites (N-methyl/N-ethyl adjacent to an activating group) is 1. The number of nitrogens with one attached hydrogen (secondary N) is 1. The highest BCUT2D eigenvalue weighted by atomic mass is 31.2. The van der Waals surface area contributed by atoms with E-state index in [2.05, 4.69) is 31.3 Å². The molecule has 0 saturated heterocycles. The number of phosphoric ester groups is 1. The number of nitrogens with zero attached hydrogens (tertiary/aromatic N) is 1. The molecule has 0 fully saturated rings. The molecule has 1 amide bonds. The Morgan fingerprint density at radius 3 is 1.56 bits per heavy atom. The standard InChI is InChI=1S/C43H85N2O6P/c1-6-8-10-12-14-16-18-20-22-23-24-26-28-30-32-34-36-42(46)41(40-51-52(48,49)50-39-38-45(3,4)5)44-43(47)37-35-33-31-29-27-25-21-19-17-15-13-11-9-7-2/h26,28,34,36,41-42,46H,6-25,27,29-33,35,37-40H2,1-5H3,(H-,44,47,48,49)/b28-26+,36-34+/t41-,42+/m0/s1. The van der Waals surface area contributed by atoms with Gasteiger partial charge >= 0.3 is 0 Å². The second-order valence-corrected chi connectivity index (χ2v) is 17.5. The van der Waals surface area contributed by atoms with Gasteiger partial charge in [0, 0.05) is 6.42 Å². The summed E-state index contributed by atoms with van der Waals surface area (Å²) in [6, 6.07) is -0.897. The van der Waals surface area contributed by atoms with Crippen LogP contribution in [0.2, 0.25) is 0 Å². The monoisotopic (exact) mass is 757 g/mol. The molecular formula is C43H85N2O6P. The molecule has 0 bridgehead atoms. The van der Waals surface area contributed by atoms with E-state index in [-0.39, 0.29) is 19.1 Å². The molecule has 3 atom stereocenters. The van der Waals surface area contributed by atoms with E-state index in [9.17, 15) is 19.4 Å². The molecule has 0 rings (SSSR count). The average Bonchev–Trinajstić information content (AvgIpc) is 3.09. The smallest absolute Gasteiger partial charge is 0.268 e. The van der Waals surface area contributed by atoms with Crippen molar-refractivity contribution >= 4 is 13.7 Å². The lowest BCUT2D eigenvalue weighted by Crippen LogP contribution is -2.45. The fourth-order valence-electron chi connectivity index (χ4n) is 6.17. The third-order valence-corrected chi connectivity index (χ3v) is 10.6. The quantitative estimate of drug-likeness (QED) is 0.0280. The van der Waals surface area contributed by atoms with Crippen LogP contribution in [0.1, 0.15) is 194 Å². The maximum Gasteiger partial charge on any atom is 0.268 e. The van der Waals surface area contributed by atoms with Crippen molar-refractivity contribution in [2.45, 2.75) is 206 Å². The van der Waals surface area contributed by atoms with Crippen molar-refractivity contribution in [1.82, 2.24) is 5.32 Å². The van der Waals surface area contributed by atoms with Crippen molar-refractivity contribution in [3.63, 3.8) is 0 Å². The first kappa shape index (κ1) is 51.0. The maximum absolute atomic E-state index is 12.8. The van der Waals surface area contributed by atoms with Gasteiger partial charge in [0.1, 0.15) is 13.2 Å². The molecule has 308 valence electrons. The summed E-state index contributed by atoms with van der Waals surface area (Å²) in [5, 5.41) is 13.7. The van der Waals surface area contributed by atoms with Crippen LogP contribution in [0.4, 0.5) is 0 Å². The molecule has 0 heterocycles. The SMILES string of the molecule is CCCCCCCCCCCC/C=C/CC/C=C/[C@@H](O)[C@H](COP(=O)([O-])OCC[N+](C)(C)C)NC(=O)CCCCCCCCCCCCCCCC. The van der Waals surface area contributed by atoms with E-state index >= 15 is 0 Å². The molecule has 0 aromatic rings. The van der Waals surface area contributed by atoms with Gasteiger partial charge in [-0.15, -0.1) is 0 Å². The number of carbonyl (C=O) groups excluding carboxylic acids is 1. The van der Waals surface area contributed by atoms with Crippen molar-refractivity contribution < 1.29 is 32.9 Å². The first-order valence-corrected chi connectivity index (χ1v) is 23.2. The minimum Gasteiger partial charge on any atom is -0.756 e. The number of hydrogen-bond donors (Lipinski definition) is 2. The second kappa shape index (κ2) is 35.7. The van der Waals surface area contributed by atoms with Crippen molar-refractivity contribution in [2.24, 2.45) is 0 Å². The summed E-state index contributed by atoms with van der Waals surface area (Å²) >= 11 is 0. The highest BCUT2D eigenvalue weighted by molar-refractivity contribution is 7.45. The van der Waals surface area contributed by atoms with Crippen LogP contribution in [-0.4, -0.2) is 68.5 Å². The van der Waals surface area contributed by atoms with Gasteiger partial charge in [-0.05, 0) is 32.1 Å². The summed E-state index contributed by atoms with van der Waals surface area (Å²) < 4.78 is 23.1. The molecule has 9 heteroatoms. The topological polar surface area (TPSA) is 108 Å². The number of unbranched alkanes of at least 4 members (excludes halogenated alkanes) is 24. The molecule has 1 unspecified atom stereocenters. The fourth-order valence-corrected chi connectivity index (χ4v) is 6.89. The minimum absolute atomic E-state index is 0.00437. The Bertz CT molecular complexity index is 907. The molecule has 0 aromatic heterocycles. The van der Waals surface area contributed by atoms with E-state index in [1.54, 1.807) is 6.08 Å². The van der Waals surface area contributed by atoms with Crippen LogP contribution in [0.15, 0.2) is 24.3 Å². The zero-order valence-electron chi connectivity index (χ0n) is 34.8. The molecule has 0 aliphatic heterocycles. The van der Waals surface area contributed by atoms with Gasteiger partial charge in [-0.25, -0.2) is 0 Å². The van der Waals surface area contributed by atoms with E-state index in [1.807, 2.05) is 27.2 Å². The minimum atomic E-state index is -4.59. The number of aliphatic hydroxyl groups is 1. The molecule has 0 aliphatic carbocycles. The Labute approximate surface area is 322 Å². The van der Waals surface area contributed by atoms with Crippen molar-refractivity contribution in [3.05, 3.63) is 24.3 Å². The lowest BCUT2D eigenvalue weighted by atomic mass is 10.0. The number of phosphoric acid groups is 1. The Balaban J connectivity index is 4.49. The van der Waals surface area contributed by atoms with Gasteiger partial charge < -0.3 is 28.8 Å². The molecular weight excluding hydrogens is 671 g/mol. The van der Waals surface area contributed by atoms with Crippen LogP contribution in [0.3, 0.4) is 0 Å². The number of amides is 1. The molecule has 52 heavy (non-hydrogen) atoms. The fraction of sp³-hybridized carbons (Fsp3) is 0.884.